The second kappa shape index (κ2) is 9.20. The number of hydrogen-bond acceptors (Lipinski definition) is 4. The summed E-state index contributed by atoms with van der Waals surface area (Å²) in [6.07, 6.45) is 6.35. The minimum absolute atomic E-state index is 0.0171. The molecule has 0 saturated carbocycles. The SMILES string of the molecule is O=C(O)c1cc2c(c(S(=O)(=O)Nc3ccc(NC(=O)N4CCCCCC4)cc3)c1)CCC2. The molecule has 170 valence electrons. The van der Waals surface area contributed by atoms with Crippen molar-refractivity contribution in [1.82, 2.24) is 4.90 Å². The molecule has 0 radical (unpaired) electrons. The number of carboxylic acids is 1. The number of rotatable bonds is 5. The van der Waals surface area contributed by atoms with Crippen molar-refractivity contribution >= 4 is 33.4 Å². The Hall–Kier alpha value is -3.07. The van der Waals surface area contributed by atoms with Crippen LogP contribution in [0, 0.1) is 0 Å². The molecule has 0 spiro atoms. The summed E-state index contributed by atoms with van der Waals surface area (Å²) in [5.41, 5.74) is 2.35. The molecule has 0 unspecified atom stereocenters. The predicted octanol–water partition coefficient (Wildman–Crippen LogP) is 4.08. The largest absolute Gasteiger partial charge is 0.478 e. The van der Waals surface area contributed by atoms with Crippen LogP contribution in [0.4, 0.5) is 16.2 Å². The molecule has 1 heterocycles. The summed E-state index contributed by atoms with van der Waals surface area (Å²) in [5, 5.41) is 12.2. The van der Waals surface area contributed by atoms with Gasteiger partial charge in [-0.25, -0.2) is 18.0 Å². The van der Waals surface area contributed by atoms with Crippen molar-refractivity contribution in [2.24, 2.45) is 0 Å². The summed E-state index contributed by atoms with van der Waals surface area (Å²) in [6.45, 7) is 1.48. The van der Waals surface area contributed by atoms with E-state index in [0.717, 1.165) is 50.8 Å². The molecule has 1 saturated heterocycles. The number of amides is 2. The fourth-order valence-electron chi connectivity index (χ4n) is 4.34. The lowest BCUT2D eigenvalue weighted by Gasteiger charge is -2.21. The van der Waals surface area contributed by atoms with Gasteiger partial charge in [-0.2, -0.15) is 0 Å². The molecule has 8 nitrogen and oxygen atoms in total. The maximum absolute atomic E-state index is 13.1. The van der Waals surface area contributed by atoms with Gasteiger partial charge in [0.1, 0.15) is 0 Å². The van der Waals surface area contributed by atoms with Crippen molar-refractivity contribution in [1.29, 1.82) is 0 Å². The molecule has 1 aliphatic carbocycles. The first kappa shape index (κ1) is 22.1. The van der Waals surface area contributed by atoms with Crippen molar-refractivity contribution in [2.45, 2.75) is 49.8 Å². The van der Waals surface area contributed by atoms with E-state index in [1.54, 1.807) is 35.2 Å². The number of nitrogens with one attached hydrogen (secondary N) is 2. The van der Waals surface area contributed by atoms with Crippen molar-refractivity contribution in [3.05, 3.63) is 53.1 Å². The lowest BCUT2D eigenvalue weighted by molar-refractivity contribution is 0.0696. The summed E-state index contributed by atoms with van der Waals surface area (Å²) >= 11 is 0. The van der Waals surface area contributed by atoms with E-state index in [4.69, 9.17) is 0 Å². The number of carboxylic acid groups (broad SMARTS) is 1. The van der Waals surface area contributed by atoms with E-state index in [9.17, 15) is 23.1 Å². The highest BCUT2D eigenvalue weighted by Crippen LogP contribution is 2.31. The molecule has 0 bridgehead atoms. The lowest BCUT2D eigenvalue weighted by atomic mass is 10.1. The van der Waals surface area contributed by atoms with Crippen molar-refractivity contribution in [3.63, 3.8) is 0 Å². The van der Waals surface area contributed by atoms with Gasteiger partial charge >= 0.3 is 12.0 Å². The Bertz CT molecular complexity index is 1120. The fraction of sp³-hybridized carbons (Fsp3) is 0.391. The monoisotopic (exact) mass is 457 g/mol. The number of carbonyl (C=O) groups excluding carboxylic acids is 1. The molecule has 2 aliphatic rings. The minimum atomic E-state index is -3.96. The van der Waals surface area contributed by atoms with E-state index >= 15 is 0 Å². The topological polar surface area (TPSA) is 116 Å². The number of fused-ring (bicyclic) bond motifs is 1. The summed E-state index contributed by atoms with van der Waals surface area (Å²) in [6, 6.07) is 9.09. The number of sulfonamides is 1. The van der Waals surface area contributed by atoms with E-state index in [1.807, 2.05) is 0 Å². The molecule has 4 rings (SSSR count). The van der Waals surface area contributed by atoms with E-state index in [-0.39, 0.29) is 16.5 Å². The molecule has 0 atom stereocenters. The van der Waals surface area contributed by atoms with Crippen molar-refractivity contribution in [3.8, 4) is 0 Å². The highest BCUT2D eigenvalue weighted by molar-refractivity contribution is 7.92. The molecule has 9 heteroatoms. The first-order valence-electron chi connectivity index (χ1n) is 10.9. The van der Waals surface area contributed by atoms with E-state index in [1.165, 1.54) is 6.07 Å². The Labute approximate surface area is 187 Å². The maximum Gasteiger partial charge on any atom is 0.335 e. The van der Waals surface area contributed by atoms with Crippen molar-refractivity contribution < 1.29 is 23.1 Å². The first-order valence-corrected chi connectivity index (χ1v) is 12.4. The highest BCUT2D eigenvalue weighted by Gasteiger charge is 2.26. The third-order valence-electron chi connectivity index (χ3n) is 5.99. The smallest absolute Gasteiger partial charge is 0.335 e. The number of hydrogen-bond donors (Lipinski definition) is 3. The molecule has 3 N–H and O–H groups in total. The minimum Gasteiger partial charge on any atom is -0.478 e. The Morgan fingerprint density at radius 3 is 2.19 bits per heavy atom. The zero-order valence-corrected chi connectivity index (χ0v) is 18.6. The Kier molecular flexibility index (Phi) is 6.36. The molecular weight excluding hydrogens is 430 g/mol. The number of anilines is 2. The summed E-state index contributed by atoms with van der Waals surface area (Å²) in [4.78, 5) is 25.7. The summed E-state index contributed by atoms with van der Waals surface area (Å²) in [7, 11) is -3.96. The first-order chi connectivity index (χ1) is 15.3. The van der Waals surface area contributed by atoms with Gasteiger partial charge < -0.3 is 15.3 Å². The van der Waals surface area contributed by atoms with Crippen LogP contribution in [-0.4, -0.2) is 43.5 Å². The van der Waals surface area contributed by atoms with Gasteiger partial charge in [-0.1, -0.05) is 12.8 Å². The van der Waals surface area contributed by atoms with Gasteiger partial charge in [0.05, 0.1) is 10.5 Å². The second-order valence-electron chi connectivity index (χ2n) is 8.29. The quantitative estimate of drug-likeness (QED) is 0.626. The van der Waals surface area contributed by atoms with Crippen molar-refractivity contribution in [2.75, 3.05) is 23.1 Å². The van der Waals surface area contributed by atoms with Crippen LogP contribution in [-0.2, 0) is 22.9 Å². The standard InChI is InChI=1S/C23H27N3O5S/c27-22(28)17-14-16-6-5-7-20(16)21(15-17)32(30,31)25-19-10-8-18(9-11-19)24-23(29)26-12-3-1-2-4-13-26/h8-11,14-15,25H,1-7,12-13H2,(H,24,29)(H,27,28). The van der Waals surface area contributed by atoms with Gasteiger partial charge in [-0.15, -0.1) is 0 Å². The molecule has 2 aromatic carbocycles. The van der Waals surface area contributed by atoms with Gasteiger partial charge in [0.2, 0.25) is 0 Å². The van der Waals surface area contributed by atoms with E-state index < -0.39 is 16.0 Å². The van der Waals surface area contributed by atoms with Crippen LogP contribution in [0.3, 0.4) is 0 Å². The van der Waals surface area contributed by atoms with Crippen LogP contribution in [0.1, 0.15) is 53.6 Å². The third-order valence-corrected chi connectivity index (χ3v) is 7.44. The maximum atomic E-state index is 13.1. The van der Waals surface area contributed by atoms with Crippen LogP contribution in [0.2, 0.25) is 0 Å². The zero-order chi connectivity index (χ0) is 22.7. The Balaban J connectivity index is 1.49. The number of aryl methyl sites for hydroxylation is 1. The van der Waals surface area contributed by atoms with Crippen LogP contribution in [0.15, 0.2) is 41.3 Å². The molecule has 1 aliphatic heterocycles. The van der Waals surface area contributed by atoms with E-state index in [0.29, 0.717) is 29.8 Å². The summed E-state index contributed by atoms with van der Waals surface area (Å²) < 4.78 is 28.7. The molecular formula is C23H27N3O5S. The van der Waals surface area contributed by atoms with Gasteiger partial charge in [-0.05, 0) is 79.6 Å². The number of benzene rings is 2. The number of nitrogens with zero attached hydrogens (tertiary/aromatic N) is 1. The predicted molar refractivity (Wildman–Crippen MR) is 122 cm³/mol. The molecule has 2 aromatic rings. The molecule has 32 heavy (non-hydrogen) atoms. The van der Waals surface area contributed by atoms with Crippen LogP contribution < -0.4 is 10.0 Å². The van der Waals surface area contributed by atoms with Crippen LogP contribution in [0.25, 0.3) is 0 Å². The van der Waals surface area contributed by atoms with E-state index in [2.05, 4.69) is 10.0 Å². The number of urea groups is 1. The highest BCUT2D eigenvalue weighted by atomic mass is 32.2. The average molecular weight is 458 g/mol. The molecule has 0 aromatic heterocycles. The Morgan fingerprint density at radius 2 is 1.53 bits per heavy atom. The third kappa shape index (κ3) is 4.88. The average Bonchev–Trinajstić information content (AvgIpc) is 3.06. The van der Waals surface area contributed by atoms with Gasteiger partial charge in [0.15, 0.2) is 0 Å². The lowest BCUT2D eigenvalue weighted by Crippen LogP contribution is -2.35. The summed E-state index contributed by atoms with van der Waals surface area (Å²) in [5.74, 6) is -1.15. The van der Waals surface area contributed by atoms with Gasteiger partial charge in [0.25, 0.3) is 10.0 Å². The number of likely N-dealkylation sites (tertiary alicyclic amines) is 1. The molecule has 1 fully saturated rings. The Morgan fingerprint density at radius 1 is 0.875 bits per heavy atom. The second-order valence-corrected chi connectivity index (χ2v) is 9.94. The van der Waals surface area contributed by atoms with Crippen LogP contribution in [0.5, 0.6) is 0 Å². The van der Waals surface area contributed by atoms with Crippen LogP contribution >= 0.6 is 0 Å². The van der Waals surface area contributed by atoms with Gasteiger partial charge in [0, 0.05) is 24.5 Å². The fourth-order valence-corrected chi connectivity index (χ4v) is 5.73. The number of carbonyl (C=O) groups is 2. The van der Waals surface area contributed by atoms with Gasteiger partial charge in [-0.3, -0.25) is 4.72 Å². The molecule has 2 amide bonds. The zero-order valence-electron chi connectivity index (χ0n) is 17.8. The normalized spacial score (nSPS) is 16.2. The number of aromatic carboxylic acids is 1.